The molecular formula is C26H29N3O2. The molecule has 0 atom stereocenters. The minimum atomic E-state index is 0.0921. The third kappa shape index (κ3) is 4.71. The van der Waals surface area contributed by atoms with Crippen LogP contribution in [0.25, 0.3) is 0 Å². The van der Waals surface area contributed by atoms with Gasteiger partial charge < -0.3 is 14.5 Å². The predicted molar refractivity (Wildman–Crippen MR) is 124 cm³/mol. The number of ether oxygens (including phenoxy) is 1. The number of rotatable bonds is 5. The lowest BCUT2D eigenvalue weighted by Crippen LogP contribution is -2.49. The zero-order valence-electron chi connectivity index (χ0n) is 18.5. The predicted octanol–water partition coefficient (Wildman–Crippen LogP) is 4.55. The maximum absolute atomic E-state index is 13.2. The van der Waals surface area contributed by atoms with Crippen LogP contribution in [0.1, 0.15) is 32.6 Å². The molecule has 31 heavy (non-hydrogen) atoms. The van der Waals surface area contributed by atoms with Crippen molar-refractivity contribution in [2.75, 3.05) is 31.1 Å². The van der Waals surface area contributed by atoms with Crippen molar-refractivity contribution in [1.82, 2.24) is 9.88 Å². The van der Waals surface area contributed by atoms with Crippen molar-refractivity contribution in [3.05, 3.63) is 88.7 Å². The molecule has 0 spiro atoms. The lowest BCUT2D eigenvalue weighted by atomic mass is 10.0. The van der Waals surface area contributed by atoms with Crippen molar-refractivity contribution in [3.8, 4) is 5.75 Å². The standard InChI is InChI=1S/C26H29N3O2/c1-19-7-4-5-9-24(19)28-11-13-29(14-12-28)26(30)23-15-20(2)25(21(3)16-23)31-18-22-8-6-10-27-17-22/h4-10,15-17H,11-14,18H2,1-3H3. The first-order valence-electron chi connectivity index (χ1n) is 10.8. The Labute approximate surface area is 184 Å². The van der Waals surface area contributed by atoms with Gasteiger partial charge in [-0.2, -0.15) is 0 Å². The van der Waals surface area contributed by atoms with Crippen molar-refractivity contribution in [1.29, 1.82) is 0 Å². The summed E-state index contributed by atoms with van der Waals surface area (Å²) in [4.78, 5) is 21.6. The summed E-state index contributed by atoms with van der Waals surface area (Å²) >= 11 is 0. The van der Waals surface area contributed by atoms with E-state index in [9.17, 15) is 4.79 Å². The number of carbonyl (C=O) groups is 1. The molecule has 1 saturated heterocycles. The molecule has 2 aromatic carbocycles. The van der Waals surface area contributed by atoms with Crippen molar-refractivity contribution >= 4 is 11.6 Å². The van der Waals surface area contributed by atoms with E-state index in [1.54, 1.807) is 12.4 Å². The van der Waals surface area contributed by atoms with Gasteiger partial charge in [-0.15, -0.1) is 0 Å². The van der Waals surface area contributed by atoms with Crippen LogP contribution in [0.15, 0.2) is 60.9 Å². The lowest BCUT2D eigenvalue weighted by molar-refractivity contribution is 0.0746. The summed E-state index contributed by atoms with van der Waals surface area (Å²) < 4.78 is 6.04. The van der Waals surface area contributed by atoms with Gasteiger partial charge in [0, 0.05) is 55.4 Å². The zero-order valence-corrected chi connectivity index (χ0v) is 18.5. The first-order valence-corrected chi connectivity index (χ1v) is 10.8. The van der Waals surface area contributed by atoms with E-state index in [0.29, 0.717) is 6.61 Å². The number of piperazine rings is 1. The monoisotopic (exact) mass is 415 g/mol. The molecule has 0 aliphatic carbocycles. The maximum atomic E-state index is 13.2. The fourth-order valence-electron chi connectivity index (χ4n) is 4.19. The van der Waals surface area contributed by atoms with Crippen LogP contribution in [0, 0.1) is 20.8 Å². The zero-order chi connectivity index (χ0) is 21.8. The molecule has 0 N–H and O–H groups in total. The number of benzene rings is 2. The van der Waals surface area contributed by atoms with Gasteiger partial charge in [0.1, 0.15) is 12.4 Å². The van der Waals surface area contributed by atoms with Gasteiger partial charge in [-0.3, -0.25) is 9.78 Å². The van der Waals surface area contributed by atoms with Gasteiger partial charge in [-0.1, -0.05) is 24.3 Å². The highest BCUT2D eigenvalue weighted by molar-refractivity contribution is 5.95. The summed E-state index contributed by atoms with van der Waals surface area (Å²) in [7, 11) is 0. The molecule has 1 amide bonds. The van der Waals surface area contributed by atoms with Crippen molar-refractivity contribution < 1.29 is 9.53 Å². The minimum Gasteiger partial charge on any atom is -0.488 e. The molecule has 1 fully saturated rings. The van der Waals surface area contributed by atoms with Gasteiger partial charge in [0.15, 0.2) is 0 Å². The molecule has 4 rings (SSSR count). The minimum absolute atomic E-state index is 0.0921. The molecule has 5 nitrogen and oxygen atoms in total. The number of aryl methyl sites for hydroxylation is 3. The van der Waals surface area contributed by atoms with E-state index in [4.69, 9.17) is 4.74 Å². The largest absolute Gasteiger partial charge is 0.488 e. The number of para-hydroxylation sites is 1. The molecule has 3 aromatic rings. The van der Waals surface area contributed by atoms with Crippen LogP contribution in [-0.2, 0) is 6.61 Å². The van der Waals surface area contributed by atoms with Gasteiger partial charge in [0.25, 0.3) is 5.91 Å². The fourth-order valence-corrected chi connectivity index (χ4v) is 4.19. The SMILES string of the molecule is Cc1ccccc1N1CCN(C(=O)c2cc(C)c(OCc3cccnc3)c(C)c2)CC1. The van der Waals surface area contributed by atoms with Crippen molar-refractivity contribution in [2.24, 2.45) is 0 Å². The van der Waals surface area contributed by atoms with Crippen LogP contribution in [0.4, 0.5) is 5.69 Å². The van der Waals surface area contributed by atoms with E-state index in [1.807, 2.05) is 43.0 Å². The first-order chi connectivity index (χ1) is 15.0. The van der Waals surface area contributed by atoms with E-state index in [-0.39, 0.29) is 5.91 Å². The molecule has 0 saturated carbocycles. The van der Waals surface area contributed by atoms with Crippen LogP contribution in [0.5, 0.6) is 5.75 Å². The Balaban J connectivity index is 1.41. The fraction of sp³-hybridized carbons (Fsp3) is 0.308. The summed E-state index contributed by atoms with van der Waals surface area (Å²) in [5.74, 6) is 0.930. The molecule has 5 heteroatoms. The highest BCUT2D eigenvalue weighted by atomic mass is 16.5. The summed E-state index contributed by atoms with van der Waals surface area (Å²) in [5.41, 5.74) is 6.24. The van der Waals surface area contributed by atoms with E-state index in [2.05, 4.69) is 41.1 Å². The number of hydrogen-bond donors (Lipinski definition) is 0. The number of anilines is 1. The Bertz CT molecular complexity index is 1030. The van der Waals surface area contributed by atoms with Crippen LogP contribution < -0.4 is 9.64 Å². The second-order valence-electron chi connectivity index (χ2n) is 8.15. The molecular weight excluding hydrogens is 386 g/mol. The number of aromatic nitrogens is 1. The number of amides is 1. The van der Waals surface area contributed by atoms with Crippen LogP contribution in [-0.4, -0.2) is 42.0 Å². The third-order valence-corrected chi connectivity index (χ3v) is 5.84. The van der Waals surface area contributed by atoms with Gasteiger partial charge >= 0.3 is 0 Å². The Morgan fingerprint density at radius 1 is 0.935 bits per heavy atom. The second kappa shape index (κ2) is 9.21. The highest BCUT2D eigenvalue weighted by Gasteiger charge is 2.24. The van der Waals surface area contributed by atoms with Crippen molar-refractivity contribution in [2.45, 2.75) is 27.4 Å². The highest BCUT2D eigenvalue weighted by Crippen LogP contribution is 2.27. The average Bonchev–Trinajstić information content (AvgIpc) is 2.79. The summed E-state index contributed by atoms with van der Waals surface area (Å²) in [5, 5.41) is 0. The lowest BCUT2D eigenvalue weighted by Gasteiger charge is -2.37. The molecule has 0 radical (unpaired) electrons. The van der Waals surface area contributed by atoms with Crippen molar-refractivity contribution in [3.63, 3.8) is 0 Å². The molecule has 1 aliphatic heterocycles. The quantitative estimate of drug-likeness (QED) is 0.613. The van der Waals surface area contributed by atoms with E-state index in [0.717, 1.165) is 54.2 Å². The van der Waals surface area contributed by atoms with Crippen LogP contribution >= 0.6 is 0 Å². The molecule has 1 aromatic heterocycles. The van der Waals surface area contributed by atoms with E-state index in [1.165, 1.54) is 11.3 Å². The second-order valence-corrected chi connectivity index (χ2v) is 8.15. The van der Waals surface area contributed by atoms with Gasteiger partial charge in [0.05, 0.1) is 0 Å². The number of nitrogens with zero attached hydrogens (tertiary/aromatic N) is 3. The molecule has 1 aliphatic rings. The van der Waals surface area contributed by atoms with Crippen LogP contribution in [0.2, 0.25) is 0 Å². The number of hydrogen-bond acceptors (Lipinski definition) is 4. The normalized spacial score (nSPS) is 13.9. The van der Waals surface area contributed by atoms with Gasteiger partial charge in [0.2, 0.25) is 0 Å². The van der Waals surface area contributed by atoms with E-state index >= 15 is 0 Å². The smallest absolute Gasteiger partial charge is 0.253 e. The first kappa shape index (κ1) is 20.9. The topological polar surface area (TPSA) is 45.7 Å². The number of pyridine rings is 1. The van der Waals surface area contributed by atoms with Gasteiger partial charge in [-0.25, -0.2) is 0 Å². The third-order valence-electron chi connectivity index (χ3n) is 5.84. The molecule has 160 valence electrons. The molecule has 0 unspecified atom stereocenters. The van der Waals surface area contributed by atoms with Crippen LogP contribution in [0.3, 0.4) is 0 Å². The Morgan fingerprint density at radius 3 is 2.29 bits per heavy atom. The summed E-state index contributed by atoms with van der Waals surface area (Å²) in [6.07, 6.45) is 3.56. The Kier molecular flexibility index (Phi) is 6.21. The maximum Gasteiger partial charge on any atom is 0.253 e. The van der Waals surface area contributed by atoms with Gasteiger partial charge in [-0.05, 0) is 61.7 Å². The molecule has 2 heterocycles. The Morgan fingerprint density at radius 2 is 1.65 bits per heavy atom. The van der Waals surface area contributed by atoms with E-state index < -0.39 is 0 Å². The Hall–Kier alpha value is -3.34. The molecule has 0 bridgehead atoms. The average molecular weight is 416 g/mol. The summed E-state index contributed by atoms with van der Waals surface area (Å²) in [6, 6.07) is 16.2. The number of carbonyl (C=O) groups excluding carboxylic acids is 1. The summed E-state index contributed by atoms with van der Waals surface area (Å²) in [6.45, 7) is 9.74.